The fourth-order valence-corrected chi connectivity index (χ4v) is 3.31. The minimum absolute atomic E-state index is 0.0306. The van der Waals surface area contributed by atoms with E-state index in [1.165, 1.54) is 25.7 Å². The van der Waals surface area contributed by atoms with Crippen molar-refractivity contribution in [2.24, 2.45) is 11.8 Å². The van der Waals surface area contributed by atoms with Gasteiger partial charge in [-0.25, -0.2) is 0 Å². The van der Waals surface area contributed by atoms with E-state index >= 15 is 0 Å². The molecule has 0 radical (unpaired) electrons. The summed E-state index contributed by atoms with van der Waals surface area (Å²) in [6, 6.07) is 0.594. The number of rotatable bonds is 4. The molecule has 2 N–H and O–H groups in total. The van der Waals surface area contributed by atoms with Gasteiger partial charge in [-0.1, -0.05) is 13.8 Å². The summed E-state index contributed by atoms with van der Waals surface area (Å²) >= 11 is 0. The number of nitrogens with one attached hydrogen (secondary N) is 1. The molecule has 0 amide bonds. The molecule has 2 fully saturated rings. The van der Waals surface area contributed by atoms with Crippen molar-refractivity contribution in [1.82, 2.24) is 5.32 Å². The van der Waals surface area contributed by atoms with Crippen molar-refractivity contribution in [2.75, 3.05) is 13.2 Å². The van der Waals surface area contributed by atoms with Gasteiger partial charge in [0, 0.05) is 25.6 Å². The lowest BCUT2D eigenvalue weighted by atomic mass is 9.79. The molecule has 2 atom stereocenters. The van der Waals surface area contributed by atoms with E-state index in [9.17, 15) is 5.11 Å². The van der Waals surface area contributed by atoms with E-state index in [0.717, 1.165) is 18.3 Å². The third-order valence-electron chi connectivity index (χ3n) is 5.07. The van der Waals surface area contributed by atoms with Crippen LogP contribution in [0.5, 0.6) is 0 Å². The zero-order valence-electron chi connectivity index (χ0n) is 12.1. The van der Waals surface area contributed by atoms with Crippen LogP contribution in [0.1, 0.15) is 52.9 Å². The molecule has 0 aromatic heterocycles. The van der Waals surface area contributed by atoms with Crippen molar-refractivity contribution >= 4 is 0 Å². The molecule has 106 valence electrons. The van der Waals surface area contributed by atoms with Crippen LogP contribution in [-0.4, -0.2) is 36.0 Å². The van der Waals surface area contributed by atoms with Gasteiger partial charge in [0.2, 0.25) is 0 Å². The molecule has 0 spiro atoms. The number of aliphatic hydroxyl groups is 1. The van der Waals surface area contributed by atoms with Gasteiger partial charge in [-0.15, -0.1) is 0 Å². The Morgan fingerprint density at radius 3 is 2.44 bits per heavy atom. The summed E-state index contributed by atoms with van der Waals surface area (Å²) in [5, 5.41) is 14.0. The van der Waals surface area contributed by atoms with Crippen molar-refractivity contribution in [2.45, 2.75) is 70.6 Å². The Balaban J connectivity index is 1.72. The maximum absolute atomic E-state index is 10.4. The molecular formula is C15H29NO2. The first-order valence-electron chi connectivity index (χ1n) is 7.58. The fraction of sp³-hybridized carbons (Fsp3) is 1.00. The average molecular weight is 255 g/mol. The molecule has 0 aromatic rings. The van der Waals surface area contributed by atoms with Crippen LogP contribution >= 0.6 is 0 Å². The molecule has 2 unspecified atom stereocenters. The van der Waals surface area contributed by atoms with Crippen LogP contribution in [-0.2, 0) is 4.74 Å². The first-order chi connectivity index (χ1) is 8.51. The lowest BCUT2D eigenvalue weighted by Crippen LogP contribution is -2.49. The van der Waals surface area contributed by atoms with Gasteiger partial charge in [0.1, 0.15) is 5.60 Å². The van der Waals surface area contributed by atoms with Crippen LogP contribution in [0.2, 0.25) is 0 Å². The highest BCUT2D eigenvalue weighted by molar-refractivity contribution is 4.93. The Morgan fingerprint density at radius 1 is 1.28 bits per heavy atom. The molecule has 3 heteroatoms. The molecule has 1 saturated heterocycles. The molecule has 0 aromatic carbocycles. The van der Waals surface area contributed by atoms with Gasteiger partial charge < -0.3 is 15.2 Å². The van der Waals surface area contributed by atoms with E-state index in [-0.39, 0.29) is 6.10 Å². The SMILES string of the molecule is CC(C)C1CCC(NCC2(O)CCOC2C)CC1. The highest BCUT2D eigenvalue weighted by atomic mass is 16.5. The zero-order chi connectivity index (χ0) is 13.2. The molecule has 2 rings (SSSR count). The van der Waals surface area contributed by atoms with Crippen LogP contribution in [0.4, 0.5) is 0 Å². The van der Waals surface area contributed by atoms with Gasteiger partial charge >= 0.3 is 0 Å². The van der Waals surface area contributed by atoms with Crippen molar-refractivity contribution in [3.05, 3.63) is 0 Å². The van der Waals surface area contributed by atoms with E-state index in [1.807, 2.05) is 6.92 Å². The Kier molecular flexibility index (Phi) is 4.68. The third-order valence-corrected chi connectivity index (χ3v) is 5.07. The minimum Gasteiger partial charge on any atom is -0.386 e. The number of hydrogen-bond acceptors (Lipinski definition) is 3. The average Bonchev–Trinajstić information content (AvgIpc) is 2.68. The summed E-state index contributed by atoms with van der Waals surface area (Å²) < 4.78 is 5.47. The lowest BCUT2D eigenvalue weighted by Gasteiger charge is -2.34. The van der Waals surface area contributed by atoms with E-state index in [0.29, 0.717) is 19.2 Å². The van der Waals surface area contributed by atoms with Gasteiger partial charge in [-0.05, 0) is 44.4 Å². The van der Waals surface area contributed by atoms with Crippen LogP contribution in [0.15, 0.2) is 0 Å². The first kappa shape index (κ1) is 14.3. The molecule has 3 nitrogen and oxygen atoms in total. The predicted molar refractivity (Wildman–Crippen MR) is 73.6 cm³/mol. The van der Waals surface area contributed by atoms with Crippen molar-refractivity contribution in [1.29, 1.82) is 0 Å². The van der Waals surface area contributed by atoms with Crippen molar-refractivity contribution in [3.8, 4) is 0 Å². The summed E-state index contributed by atoms with van der Waals surface area (Å²) in [5.74, 6) is 1.72. The molecule has 1 aliphatic heterocycles. The minimum atomic E-state index is -0.644. The Labute approximate surface area is 111 Å². The molecule has 0 bridgehead atoms. The van der Waals surface area contributed by atoms with E-state index in [4.69, 9.17) is 4.74 Å². The highest BCUT2D eigenvalue weighted by Crippen LogP contribution is 2.31. The van der Waals surface area contributed by atoms with Crippen molar-refractivity contribution < 1.29 is 9.84 Å². The molecular weight excluding hydrogens is 226 g/mol. The standard InChI is InChI=1S/C15H29NO2/c1-11(2)13-4-6-14(7-5-13)16-10-15(17)8-9-18-12(15)3/h11-14,16-17H,4-10H2,1-3H3. The van der Waals surface area contributed by atoms with Crippen LogP contribution < -0.4 is 5.32 Å². The summed E-state index contributed by atoms with van der Waals surface area (Å²) in [6.45, 7) is 8.02. The monoisotopic (exact) mass is 255 g/mol. The second-order valence-electron chi connectivity index (χ2n) is 6.60. The summed E-state index contributed by atoms with van der Waals surface area (Å²) in [4.78, 5) is 0. The quantitative estimate of drug-likeness (QED) is 0.810. The lowest BCUT2D eigenvalue weighted by molar-refractivity contribution is -0.0286. The highest BCUT2D eigenvalue weighted by Gasteiger charge is 2.39. The Bertz CT molecular complexity index is 261. The zero-order valence-corrected chi connectivity index (χ0v) is 12.1. The normalized spacial score (nSPS) is 41.5. The topological polar surface area (TPSA) is 41.5 Å². The first-order valence-corrected chi connectivity index (χ1v) is 7.58. The largest absolute Gasteiger partial charge is 0.386 e. The second-order valence-corrected chi connectivity index (χ2v) is 6.60. The van der Waals surface area contributed by atoms with E-state index in [1.54, 1.807) is 0 Å². The molecule has 1 heterocycles. The fourth-order valence-electron chi connectivity index (χ4n) is 3.31. The maximum Gasteiger partial charge on any atom is 0.105 e. The Hall–Kier alpha value is -0.120. The predicted octanol–water partition coefficient (Wildman–Crippen LogP) is 2.33. The molecule has 1 saturated carbocycles. The van der Waals surface area contributed by atoms with Gasteiger partial charge in [0.25, 0.3) is 0 Å². The van der Waals surface area contributed by atoms with Gasteiger partial charge in [-0.3, -0.25) is 0 Å². The van der Waals surface area contributed by atoms with Crippen molar-refractivity contribution in [3.63, 3.8) is 0 Å². The summed E-state index contributed by atoms with van der Waals surface area (Å²) in [6.07, 6.45) is 5.92. The van der Waals surface area contributed by atoms with Gasteiger partial charge in [-0.2, -0.15) is 0 Å². The van der Waals surface area contributed by atoms with Crippen LogP contribution in [0, 0.1) is 11.8 Å². The van der Waals surface area contributed by atoms with Crippen LogP contribution in [0.25, 0.3) is 0 Å². The van der Waals surface area contributed by atoms with Gasteiger partial charge in [0.15, 0.2) is 0 Å². The summed E-state index contributed by atoms with van der Waals surface area (Å²) in [7, 11) is 0. The molecule has 1 aliphatic carbocycles. The molecule has 18 heavy (non-hydrogen) atoms. The number of ether oxygens (including phenoxy) is 1. The van der Waals surface area contributed by atoms with E-state index in [2.05, 4.69) is 19.2 Å². The van der Waals surface area contributed by atoms with E-state index < -0.39 is 5.60 Å². The second kappa shape index (κ2) is 5.89. The number of hydrogen-bond donors (Lipinski definition) is 2. The maximum atomic E-state index is 10.4. The molecule has 2 aliphatic rings. The van der Waals surface area contributed by atoms with Crippen LogP contribution in [0.3, 0.4) is 0 Å². The summed E-state index contributed by atoms with van der Waals surface area (Å²) in [5.41, 5.74) is -0.644. The smallest absolute Gasteiger partial charge is 0.105 e. The Morgan fingerprint density at radius 2 is 1.94 bits per heavy atom. The van der Waals surface area contributed by atoms with Gasteiger partial charge in [0.05, 0.1) is 6.10 Å². The third kappa shape index (κ3) is 3.25.